The highest BCUT2D eigenvalue weighted by Gasteiger charge is 2.38. The molecule has 0 aromatic rings. The van der Waals surface area contributed by atoms with Crippen molar-refractivity contribution in [3.8, 4) is 0 Å². The molecule has 20 heavy (non-hydrogen) atoms. The summed E-state index contributed by atoms with van der Waals surface area (Å²) in [6.07, 6.45) is 6.82. The summed E-state index contributed by atoms with van der Waals surface area (Å²) < 4.78 is 0. The molecule has 1 aliphatic heterocycles. The van der Waals surface area contributed by atoms with Crippen LogP contribution >= 0.6 is 23.2 Å². The first-order valence-corrected chi connectivity index (χ1v) is 7.90. The summed E-state index contributed by atoms with van der Waals surface area (Å²) >= 11 is 12.7. The lowest BCUT2D eigenvalue weighted by Crippen LogP contribution is -2.29. The smallest absolute Gasteiger partial charge is 0.138 e. The summed E-state index contributed by atoms with van der Waals surface area (Å²) in [5.74, 6) is 0.736. The Morgan fingerprint density at radius 1 is 1.35 bits per heavy atom. The lowest BCUT2D eigenvalue weighted by molar-refractivity contribution is 0.0251. The molecular weight excluding hydrogens is 293 g/mol. The van der Waals surface area contributed by atoms with Crippen LogP contribution in [0, 0.1) is 17.8 Å². The molecule has 2 nitrogen and oxygen atoms in total. The van der Waals surface area contributed by atoms with Crippen molar-refractivity contribution in [1.29, 1.82) is 0 Å². The van der Waals surface area contributed by atoms with Crippen LogP contribution in [0.1, 0.15) is 34.1 Å². The van der Waals surface area contributed by atoms with Gasteiger partial charge < -0.3 is 4.84 Å². The molecule has 0 saturated heterocycles. The third-order valence-corrected chi connectivity index (χ3v) is 5.06. The van der Waals surface area contributed by atoms with E-state index in [0.29, 0.717) is 11.0 Å². The molecule has 4 heteroatoms. The highest BCUT2D eigenvalue weighted by molar-refractivity contribution is 6.35. The third-order valence-electron chi connectivity index (χ3n) is 4.28. The first-order chi connectivity index (χ1) is 9.47. The molecule has 4 atom stereocenters. The zero-order valence-electron chi connectivity index (χ0n) is 12.4. The van der Waals surface area contributed by atoms with Gasteiger partial charge in [-0.3, -0.25) is 0 Å². The lowest BCUT2D eigenvalue weighted by Gasteiger charge is -2.22. The van der Waals surface area contributed by atoms with Crippen LogP contribution in [-0.4, -0.2) is 11.8 Å². The fourth-order valence-corrected chi connectivity index (χ4v) is 3.23. The first kappa shape index (κ1) is 15.7. The van der Waals surface area contributed by atoms with Gasteiger partial charge in [-0.05, 0) is 24.5 Å². The number of rotatable bonds is 3. The topological polar surface area (TPSA) is 21.6 Å². The maximum atomic E-state index is 6.42. The second-order valence-corrected chi connectivity index (χ2v) is 6.46. The molecule has 2 rings (SSSR count). The summed E-state index contributed by atoms with van der Waals surface area (Å²) in [4.78, 5) is 5.66. The number of oxime groups is 1. The highest BCUT2D eigenvalue weighted by atomic mass is 35.5. The van der Waals surface area contributed by atoms with E-state index in [0.717, 1.165) is 22.7 Å². The van der Waals surface area contributed by atoms with Crippen molar-refractivity contribution in [2.24, 2.45) is 22.9 Å². The molecule has 0 spiro atoms. The average molecular weight is 314 g/mol. The summed E-state index contributed by atoms with van der Waals surface area (Å²) in [6, 6.07) is 0. The Balaban J connectivity index is 2.32. The average Bonchev–Trinajstić information content (AvgIpc) is 2.74. The Morgan fingerprint density at radius 2 is 2.05 bits per heavy atom. The Morgan fingerprint density at radius 3 is 2.70 bits per heavy atom. The Labute approximate surface area is 131 Å². The van der Waals surface area contributed by atoms with Crippen LogP contribution < -0.4 is 0 Å². The zero-order valence-corrected chi connectivity index (χ0v) is 13.9. The van der Waals surface area contributed by atoms with Crippen LogP contribution in [0.3, 0.4) is 0 Å². The maximum absolute atomic E-state index is 6.42. The van der Waals surface area contributed by atoms with Crippen molar-refractivity contribution in [2.75, 3.05) is 0 Å². The van der Waals surface area contributed by atoms with E-state index < -0.39 is 0 Å². The van der Waals surface area contributed by atoms with Gasteiger partial charge in [-0.25, -0.2) is 0 Å². The minimum Gasteiger partial charge on any atom is -0.391 e. The van der Waals surface area contributed by atoms with E-state index in [1.54, 1.807) is 0 Å². The Bertz CT molecular complexity index is 505. The first-order valence-electron chi connectivity index (χ1n) is 7.14. The molecule has 1 heterocycles. The van der Waals surface area contributed by atoms with Crippen molar-refractivity contribution in [2.45, 2.75) is 40.2 Å². The van der Waals surface area contributed by atoms with Crippen molar-refractivity contribution >= 4 is 28.9 Å². The number of hydrogen-bond donors (Lipinski definition) is 0. The maximum Gasteiger partial charge on any atom is 0.138 e. The number of allylic oxidation sites excluding steroid dienone is 6. The highest BCUT2D eigenvalue weighted by Crippen LogP contribution is 2.37. The lowest BCUT2D eigenvalue weighted by atomic mass is 9.83. The van der Waals surface area contributed by atoms with Crippen LogP contribution in [0.2, 0.25) is 0 Å². The van der Waals surface area contributed by atoms with Crippen LogP contribution in [0.25, 0.3) is 0 Å². The van der Waals surface area contributed by atoms with Gasteiger partial charge in [0.15, 0.2) is 0 Å². The van der Waals surface area contributed by atoms with Gasteiger partial charge in [-0.15, -0.1) is 0 Å². The minimum atomic E-state index is 0.0413. The molecule has 0 bridgehead atoms. The monoisotopic (exact) mass is 313 g/mol. The molecule has 0 radical (unpaired) electrons. The molecule has 0 N–H and O–H groups in total. The standard InChI is InChI=1S/C16H21Cl2NO/c1-5-9(2)16-11(4)15(19-20-16)14-10(3)12(17)7-6-8-13(14)18/h6-11,16H,5H2,1-4H3/t9?,10-,11?,16?/m0/s1. The Hall–Kier alpha value is -0.730. The molecule has 0 aromatic carbocycles. The summed E-state index contributed by atoms with van der Waals surface area (Å²) in [5.41, 5.74) is 1.92. The van der Waals surface area contributed by atoms with Crippen molar-refractivity contribution in [3.63, 3.8) is 0 Å². The zero-order chi connectivity index (χ0) is 14.9. The van der Waals surface area contributed by atoms with Gasteiger partial charge in [0.1, 0.15) is 6.10 Å². The quantitative estimate of drug-likeness (QED) is 0.697. The summed E-state index contributed by atoms with van der Waals surface area (Å²) in [5, 5.41) is 5.79. The van der Waals surface area contributed by atoms with E-state index in [9.17, 15) is 0 Å². The van der Waals surface area contributed by atoms with E-state index >= 15 is 0 Å². The van der Waals surface area contributed by atoms with Crippen molar-refractivity contribution in [3.05, 3.63) is 33.9 Å². The van der Waals surface area contributed by atoms with Crippen molar-refractivity contribution in [1.82, 2.24) is 0 Å². The predicted octanol–water partition coefficient (Wildman–Crippen LogP) is 5.24. The summed E-state index contributed by atoms with van der Waals surface area (Å²) in [6.45, 7) is 8.56. The second kappa shape index (κ2) is 6.36. The molecule has 3 unspecified atom stereocenters. The SMILES string of the molecule is CCC(C)C1ON=C(C2=C(Cl)C=CC=C(Cl)[C@@H]2C)C1C. The van der Waals surface area contributed by atoms with Crippen molar-refractivity contribution < 1.29 is 4.84 Å². The van der Waals surface area contributed by atoms with Crippen LogP contribution in [0.5, 0.6) is 0 Å². The molecule has 1 aliphatic carbocycles. The van der Waals surface area contributed by atoms with E-state index in [4.69, 9.17) is 28.0 Å². The fourth-order valence-electron chi connectivity index (χ4n) is 2.72. The second-order valence-electron chi connectivity index (χ2n) is 5.61. The van der Waals surface area contributed by atoms with Crippen LogP contribution in [0.4, 0.5) is 0 Å². The molecule has 0 aromatic heterocycles. The van der Waals surface area contributed by atoms with Gasteiger partial charge >= 0.3 is 0 Å². The van der Waals surface area contributed by atoms with Gasteiger partial charge in [0, 0.05) is 27.5 Å². The van der Waals surface area contributed by atoms with Gasteiger partial charge in [0.2, 0.25) is 0 Å². The Kier molecular flexibility index (Phi) is 4.98. The number of halogens is 2. The molecule has 2 aliphatic rings. The van der Waals surface area contributed by atoms with E-state index in [1.807, 2.05) is 18.2 Å². The predicted molar refractivity (Wildman–Crippen MR) is 86.0 cm³/mol. The molecule has 110 valence electrons. The summed E-state index contributed by atoms with van der Waals surface area (Å²) in [7, 11) is 0. The van der Waals surface area contributed by atoms with Gasteiger partial charge in [0.25, 0.3) is 0 Å². The minimum absolute atomic E-state index is 0.0413. The normalized spacial score (nSPS) is 31.6. The van der Waals surface area contributed by atoms with Gasteiger partial charge in [0.05, 0.1) is 5.71 Å². The molecule has 0 amide bonds. The number of nitrogens with zero attached hydrogens (tertiary/aromatic N) is 1. The van der Waals surface area contributed by atoms with Gasteiger partial charge in [-0.2, -0.15) is 0 Å². The molecular formula is C16H21Cl2NO. The fraction of sp³-hybridized carbons (Fsp3) is 0.562. The number of hydrogen-bond acceptors (Lipinski definition) is 2. The van der Waals surface area contributed by atoms with E-state index in [2.05, 4.69) is 32.9 Å². The van der Waals surface area contributed by atoms with E-state index in [-0.39, 0.29) is 17.9 Å². The van der Waals surface area contributed by atoms with Gasteiger partial charge in [-0.1, -0.05) is 62.1 Å². The van der Waals surface area contributed by atoms with E-state index in [1.165, 1.54) is 0 Å². The largest absolute Gasteiger partial charge is 0.391 e. The van der Waals surface area contributed by atoms with Crippen LogP contribution in [0.15, 0.2) is 39.0 Å². The molecule has 0 saturated carbocycles. The third kappa shape index (κ3) is 2.82. The molecule has 0 fully saturated rings. The van der Waals surface area contributed by atoms with Crippen LogP contribution in [-0.2, 0) is 4.84 Å².